The van der Waals surface area contributed by atoms with Crippen molar-refractivity contribution in [3.63, 3.8) is 0 Å². The van der Waals surface area contributed by atoms with Gasteiger partial charge < -0.3 is 10.4 Å². The molecule has 1 aromatic heterocycles. The Morgan fingerprint density at radius 3 is 2.72 bits per heavy atom. The minimum Gasteiger partial charge on any atom is -0.391 e. The fourth-order valence-electron chi connectivity index (χ4n) is 2.66. The Morgan fingerprint density at radius 2 is 2.08 bits per heavy atom. The molecule has 6 nitrogen and oxygen atoms in total. The van der Waals surface area contributed by atoms with E-state index in [1.54, 1.807) is 4.68 Å². The number of benzene rings is 1. The highest BCUT2D eigenvalue weighted by atomic mass is 16.3. The third-order valence-electron chi connectivity index (χ3n) is 4.51. The number of nitrogens with one attached hydrogen (secondary N) is 1. The van der Waals surface area contributed by atoms with E-state index in [4.69, 9.17) is 0 Å². The number of hydrogen-bond donors (Lipinski definition) is 2. The Morgan fingerprint density at radius 1 is 1.36 bits per heavy atom. The lowest BCUT2D eigenvalue weighted by Crippen LogP contribution is -2.27. The molecule has 1 aromatic carbocycles. The molecule has 1 heterocycles. The lowest BCUT2D eigenvalue weighted by molar-refractivity contribution is 0.0953. The van der Waals surface area contributed by atoms with Gasteiger partial charge in [0.15, 0.2) is 5.82 Å². The monoisotopic (exact) mass is 342 g/mol. The van der Waals surface area contributed by atoms with Gasteiger partial charge in [-0.05, 0) is 38.3 Å². The van der Waals surface area contributed by atoms with E-state index in [0.29, 0.717) is 37.4 Å². The predicted molar refractivity (Wildman–Crippen MR) is 95.5 cm³/mol. The molecule has 1 fully saturated rings. The Bertz CT molecular complexity index is 720. The van der Waals surface area contributed by atoms with E-state index in [1.807, 2.05) is 38.1 Å². The molecule has 0 saturated heterocycles. The van der Waals surface area contributed by atoms with Gasteiger partial charge in [0, 0.05) is 24.4 Å². The Kier molecular flexibility index (Phi) is 5.48. The van der Waals surface area contributed by atoms with Gasteiger partial charge in [-0.15, -0.1) is 0 Å². The number of aliphatic hydroxyl groups excluding tert-OH is 1. The number of rotatable bonds is 8. The summed E-state index contributed by atoms with van der Waals surface area (Å²) in [5.74, 6) is 2.10. The number of carbonyl (C=O) groups excluding carboxylic acids is 1. The highest BCUT2D eigenvalue weighted by Crippen LogP contribution is 2.38. The van der Waals surface area contributed by atoms with Gasteiger partial charge in [-0.1, -0.05) is 24.6 Å². The molecule has 25 heavy (non-hydrogen) atoms. The van der Waals surface area contributed by atoms with Gasteiger partial charge in [0.1, 0.15) is 5.82 Å². The second-order valence-corrected chi connectivity index (χ2v) is 6.78. The molecule has 2 aromatic rings. The fourth-order valence-corrected chi connectivity index (χ4v) is 2.66. The number of hydrogen-bond acceptors (Lipinski definition) is 4. The lowest BCUT2D eigenvalue weighted by atomic mass is 10.1. The first kappa shape index (κ1) is 17.6. The van der Waals surface area contributed by atoms with E-state index < -0.39 is 6.10 Å². The molecule has 1 aliphatic rings. The fraction of sp³-hybridized carbons (Fsp3) is 0.526. The van der Waals surface area contributed by atoms with Gasteiger partial charge in [0.25, 0.3) is 5.91 Å². The molecule has 134 valence electrons. The first-order chi connectivity index (χ1) is 12.1. The second kappa shape index (κ2) is 7.78. The van der Waals surface area contributed by atoms with E-state index in [9.17, 15) is 9.90 Å². The SMILES string of the molecule is CCC(O)Cn1nc(C2CC2)nc1CCNC(=O)c1ccc(C)cc1. The second-order valence-electron chi connectivity index (χ2n) is 6.78. The molecular formula is C19H26N4O2. The molecule has 1 aliphatic carbocycles. The number of carbonyl (C=O) groups is 1. The summed E-state index contributed by atoms with van der Waals surface area (Å²) < 4.78 is 1.81. The van der Waals surface area contributed by atoms with Gasteiger partial charge in [-0.3, -0.25) is 4.79 Å². The molecule has 3 rings (SSSR count). The third kappa shape index (κ3) is 4.66. The van der Waals surface area contributed by atoms with Crippen molar-refractivity contribution in [2.45, 2.75) is 58.1 Å². The molecule has 0 radical (unpaired) electrons. The zero-order valence-corrected chi connectivity index (χ0v) is 14.9. The number of nitrogens with zero attached hydrogens (tertiary/aromatic N) is 3. The highest BCUT2D eigenvalue weighted by Gasteiger charge is 2.29. The zero-order valence-electron chi connectivity index (χ0n) is 14.9. The standard InChI is InChI=1S/C19H26N4O2/c1-3-16(24)12-23-17(21-18(22-23)14-8-9-14)10-11-20-19(25)15-6-4-13(2)5-7-15/h4-7,14,16,24H,3,8-12H2,1-2H3,(H,20,25). The number of amides is 1. The van der Waals surface area contributed by atoms with Crippen molar-refractivity contribution >= 4 is 5.91 Å². The Labute approximate surface area is 148 Å². The first-order valence-corrected chi connectivity index (χ1v) is 9.03. The zero-order chi connectivity index (χ0) is 17.8. The van der Waals surface area contributed by atoms with Crippen molar-refractivity contribution in [3.05, 3.63) is 47.0 Å². The van der Waals surface area contributed by atoms with Crippen LogP contribution in [0.1, 0.15) is 59.7 Å². The minimum absolute atomic E-state index is 0.0814. The van der Waals surface area contributed by atoms with E-state index in [-0.39, 0.29) is 5.91 Å². The van der Waals surface area contributed by atoms with Crippen LogP contribution in [0.2, 0.25) is 0 Å². The quantitative estimate of drug-likeness (QED) is 0.771. The summed E-state index contributed by atoms with van der Waals surface area (Å²) in [6.07, 6.45) is 3.15. The van der Waals surface area contributed by atoms with Crippen LogP contribution < -0.4 is 5.32 Å². The molecule has 1 unspecified atom stereocenters. The van der Waals surface area contributed by atoms with Crippen molar-refractivity contribution in [2.75, 3.05) is 6.54 Å². The maximum absolute atomic E-state index is 12.2. The summed E-state index contributed by atoms with van der Waals surface area (Å²) in [6, 6.07) is 7.52. The Balaban J connectivity index is 1.59. The van der Waals surface area contributed by atoms with Crippen LogP contribution >= 0.6 is 0 Å². The molecule has 2 N–H and O–H groups in total. The first-order valence-electron chi connectivity index (χ1n) is 9.03. The van der Waals surface area contributed by atoms with Crippen LogP contribution in [0.15, 0.2) is 24.3 Å². The van der Waals surface area contributed by atoms with Crippen molar-refractivity contribution < 1.29 is 9.90 Å². The van der Waals surface area contributed by atoms with E-state index in [1.165, 1.54) is 0 Å². The summed E-state index contributed by atoms with van der Waals surface area (Å²) >= 11 is 0. The van der Waals surface area contributed by atoms with E-state index in [2.05, 4.69) is 15.4 Å². The van der Waals surface area contributed by atoms with Crippen molar-refractivity contribution in [3.8, 4) is 0 Å². The smallest absolute Gasteiger partial charge is 0.251 e. The minimum atomic E-state index is -0.422. The summed E-state index contributed by atoms with van der Waals surface area (Å²) in [5, 5.41) is 17.4. The molecule has 6 heteroatoms. The van der Waals surface area contributed by atoms with Gasteiger partial charge in [0.2, 0.25) is 0 Å². The molecule has 1 amide bonds. The average Bonchev–Trinajstić information content (AvgIpc) is 3.38. The maximum Gasteiger partial charge on any atom is 0.251 e. The predicted octanol–water partition coefficient (Wildman–Crippen LogP) is 2.21. The average molecular weight is 342 g/mol. The van der Waals surface area contributed by atoms with Crippen molar-refractivity contribution in [1.82, 2.24) is 20.1 Å². The summed E-state index contributed by atoms with van der Waals surface area (Å²) in [6.45, 7) is 4.90. The molecule has 0 bridgehead atoms. The van der Waals surface area contributed by atoms with E-state index in [0.717, 1.165) is 30.1 Å². The normalized spacial score (nSPS) is 15.2. The van der Waals surface area contributed by atoms with Crippen LogP contribution in [-0.2, 0) is 13.0 Å². The van der Waals surface area contributed by atoms with Gasteiger partial charge in [0.05, 0.1) is 12.6 Å². The summed E-state index contributed by atoms with van der Waals surface area (Å²) in [5.41, 5.74) is 1.79. The molecular weight excluding hydrogens is 316 g/mol. The van der Waals surface area contributed by atoms with Crippen LogP contribution in [0.5, 0.6) is 0 Å². The van der Waals surface area contributed by atoms with Crippen LogP contribution in [0.25, 0.3) is 0 Å². The third-order valence-corrected chi connectivity index (χ3v) is 4.51. The van der Waals surface area contributed by atoms with Gasteiger partial charge >= 0.3 is 0 Å². The number of aromatic nitrogens is 3. The van der Waals surface area contributed by atoms with Crippen LogP contribution in [-0.4, -0.2) is 38.4 Å². The number of aliphatic hydroxyl groups is 1. The topological polar surface area (TPSA) is 80.0 Å². The van der Waals surface area contributed by atoms with E-state index >= 15 is 0 Å². The molecule has 1 atom stereocenters. The largest absolute Gasteiger partial charge is 0.391 e. The summed E-state index contributed by atoms with van der Waals surface area (Å²) in [4.78, 5) is 16.8. The highest BCUT2D eigenvalue weighted by molar-refractivity contribution is 5.94. The summed E-state index contributed by atoms with van der Waals surface area (Å²) in [7, 11) is 0. The van der Waals surface area contributed by atoms with Gasteiger partial charge in [-0.25, -0.2) is 9.67 Å². The molecule has 1 saturated carbocycles. The number of aryl methyl sites for hydroxylation is 1. The van der Waals surface area contributed by atoms with Crippen LogP contribution in [0, 0.1) is 6.92 Å². The molecule has 0 spiro atoms. The van der Waals surface area contributed by atoms with Crippen molar-refractivity contribution in [1.29, 1.82) is 0 Å². The lowest BCUT2D eigenvalue weighted by Gasteiger charge is -2.10. The molecule has 0 aliphatic heterocycles. The Hall–Kier alpha value is -2.21. The van der Waals surface area contributed by atoms with Crippen LogP contribution in [0.4, 0.5) is 0 Å². The van der Waals surface area contributed by atoms with Crippen molar-refractivity contribution in [2.24, 2.45) is 0 Å². The maximum atomic E-state index is 12.2. The van der Waals surface area contributed by atoms with Crippen LogP contribution in [0.3, 0.4) is 0 Å². The van der Waals surface area contributed by atoms with Gasteiger partial charge in [-0.2, -0.15) is 5.10 Å².